The third-order valence-electron chi connectivity index (χ3n) is 2.59. The zero-order valence-electron chi connectivity index (χ0n) is 9.22. The average molecular weight is 255 g/mol. The molecule has 0 spiro atoms. The number of rotatable bonds is 1. The Morgan fingerprint density at radius 2 is 1.47 bits per heavy atom. The highest BCUT2D eigenvalue weighted by atomic mass is 32.2. The Kier molecular flexibility index (Phi) is 2.86. The van der Waals surface area contributed by atoms with Crippen molar-refractivity contribution in [3.8, 4) is 0 Å². The molecule has 3 rings (SSSR count). The van der Waals surface area contributed by atoms with Gasteiger partial charge in [0.25, 0.3) is 0 Å². The minimum absolute atomic E-state index is 0.0140. The molecule has 0 saturated heterocycles. The van der Waals surface area contributed by atoms with Gasteiger partial charge in [0.05, 0.1) is 9.79 Å². The van der Waals surface area contributed by atoms with E-state index in [4.69, 9.17) is 0 Å². The molecule has 0 amide bonds. The second-order valence-electron chi connectivity index (χ2n) is 3.66. The summed E-state index contributed by atoms with van der Waals surface area (Å²) in [4.78, 5) is 5.46. The lowest BCUT2D eigenvalue weighted by molar-refractivity contribution is 1.14. The maximum atomic E-state index is 3.72. The van der Waals surface area contributed by atoms with Crippen LogP contribution in [0.3, 0.4) is 0 Å². The normalized spacial score (nSPS) is 13.4. The van der Waals surface area contributed by atoms with Crippen LogP contribution < -0.4 is 0 Å². The second kappa shape index (κ2) is 4.50. The van der Waals surface area contributed by atoms with E-state index in [1.54, 1.807) is 0 Å². The monoisotopic (exact) mass is 255 g/mol. The van der Waals surface area contributed by atoms with Crippen LogP contribution in [-0.4, -0.2) is 0 Å². The van der Waals surface area contributed by atoms with Crippen molar-refractivity contribution >= 4 is 22.7 Å². The summed E-state index contributed by atoms with van der Waals surface area (Å²) in [5.74, 6) is 0. The van der Waals surface area contributed by atoms with Crippen molar-refractivity contribution in [2.45, 2.75) is 19.6 Å². The molecular weight excluding hydrogens is 244 g/mol. The fourth-order valence-electron chi connectivity index (χ4n) is 1.88. The molecule has 0 aliphatic carbocycles. The summed E-state index contributed by atoms with van der Waals surface area (Å²) >= 11 is 1.85. The van der Waals surface area contributed by atoms with Gasteiger partial charge in [-0.3, -0.25) is 0 Å². The van der Waals surface area contributed by atoms with Crippen LogP contribution in [0.2, 0.25) is 0 Å². The summed E-state index contributed by atoms with van der Waals surface area (Å²) in [5, 5.41) is 2.08. The third kappa shape index (κ3) is 1.85. The first-order valence-corrected chi connectivity index (χ1v) is 7.45. The van der Waals surface area contributed by atoms with Crippen molar-refractivity contribution in [3.63, 3.8) is 0 Å². The molecule has 0 fully saturated rings. The highest BCUT2D eigenvalue weighted by Crippen LogP contribution is 2.45. The van der Waals surface area contributed by atoms with Crippen molar-refractivity contribution in [3.05, 3.63) is 66.2 Å². The lowest BCUT2D eigenvalue weighted by Gasteiger charge is -2.15. The van der Waals surface area contributed by atoms with E-state index in [2.05, 4.69) is 66.2 Å². The molecule has 0 nitrogen and oxygen atoms in total. The molecular formula is C15H11S2+. The zero-order valence-corrected chi connectivity index (χ0v) is 10.9. The molecule has 0 N–H and O–H groups in total. The SMILES string of the molecule is C=C=C[S+]1c2ccccc2Sc2ccccc21. The molecule has 82 valence electrons. The Labute approximate surface area is 108 Å². The molecule has 0 aromatic heterocycles. The highest BCUT2D eigenvalue weighted by molar-refractivity contribution is 8.05. The Hall–Kier alpha value is -1.34. The molecule has 0 unspecified atom stereocenters. The molecule has 2 aromatic rings. The zero-order chi connectivity index (χ0) is 11.7. The van der Waals surface area contributed by atoms with Crippen molar-refractivity contribution < 1.29 is 0 Å². The fraction of sp³-hybridized carbons (Fsp3) is 0. The summed E-state index contributed by atoms with van der Waals surface area (Å²) in [6, 6.07) is 17.2. The van der Waals surface area contributed by atoms with Crippen LogP contribution in [0.15, 0.2) is 85.8 Å². The average Bonchev–Trinajstić information content (AvgIpc) is 2.39. The van der Waals surface area contributed by atoms with E-state index < -0.39 is 0 Å². The molecule has 1 aliphatic heterocycles. The molecule has 0 atom stereocenters. The Morgan fingerprint density at radius 1 is 0.941 bits per heavy atom. The minimum atomic E-state index is -0.0140. The molecule has 2 aromatic carbocycles. The predicted octanol–water partition coefficient (Wildman–Crippen LogP) is 4.49. The Morgan fingerprint density at radius 3 is 2.00 bits per heavy atom. The molecule has 1 heterocycles. The van der Waals surface area contributed by atoms with Crippen LogP contribution in [0.5, 0.6) is 0 Å². The maximum absolute atomic E-state index is 3.72. The maximum Gasteiger partial charge on any atom is 0.180 e. The highest BCUT2D eigenvalue weighted by Gasteiger charge is 2.33. The lowest BCUT2D eigenvalue weighted by Crippen LogP contribution is -2.06. The van der Waals surface area contributed by atoms with Gasteiger partial charge >= 0.3 is 0 Å². The quantitative estimate of drug-likeness (QED) is 0.534. The predicted molar refractivity (Wildman–Crippen MR) is 74.6 cm³/mol. The van der Waals surface area contributed by atoms with Crippen molar-refractivity contribution in [2.24, 2.45) is 0 Å². The fourth-order valence-corrected chi connectivity index (χ4v) is 5.21. The van der Waals surface area contributed by atoms with Gasteiger partial charge in [0, 0.05) is 0 Å². The van der Waals surface area contributed by atoms with E-state index in [9.17, 15) is 0 Å². The molecule has 0 saturated carbocycles. The lowest BCUT2D eigenvalue weighted by atomic mass is 10.3. The van der Waals surface area contributed by atoms with Crippen molar-refractivity contribution in [1.82, 2.24) is 0 Å². The van der Waals surface area contributed by atoms with Crippen LogP contribution in [0.25, 0.3) is 0 Å². The number of benzene rings is 2. The number of hydrogen-bond acceptors (Lipinski definition) is 1. The first-order chi connectivity index (χ1) is 8.40. The van der Waals surface area contributed by atoms with Crippen LogP contribution in [0.1, 0.15) is 0 Å². The van der Waals surface area contributed by atoms with Gasteiger partial charge in [-0.25, -0.2) is 0 Å². The van der Waals surface area contributed by atoms with Gasteiger partial charge in [0.15, 0.2) is 15.2 Å². The topological polar surface area (TPSA) is 0 Å². The van der Waals surface area contributed by atoms with Gasteiger partial charge in [-0.15, -0.1) is 0 Å². The smallest absolute Gasteiger partial charge is 0.0795 e. The van der Waals surface area contributed by atoms with Crippen LogP contribution >= 0.6 is 11.8 Å². The summed E-state index contributed by atoms with van der Waals surface area (Å²) < 4.78 is 0. The summed E-state index contributed by atoms with van der Waals surface area (Å²) in [7, 11) is -0.0140. The third-order valence-corrected chi connectivity index (χ3v) is 6.07. The number of fused-ring (bicyclic) bond motifs is 2. The van der Waals surface area contributed by atoms with Crippen molar-refractivity contribution in [1.29, 1.82) is 0 Å². The van der Waals surface area contributed by atoms with Gasteiger partial charge in [0.2, 0.25) is 0 Å². The minimum Gasteiger partial charge on any atom is -0.0795 e. The summed E-state index contributed by atoms with van der Waals surface area (Å²) in [6.07, 6.45) is 0. The molecule has 2 heteroatoms. The molecule has 17 heavy (non-hydrogen) atoms. The van der Waals surface area contributed by atoms with Gasteiger partial charge in [-0.1, -0.05) is 48.3 Å². The molecule has 0 bridgehead atoms. The summed E-state index contributed by atoms with van der Waals surface area (Å²) in [6.45, 7) is 3.72. The van der Waals surface area contributed by atoms with E-state index in [0.29, 0.717) is 0 Å². The van der Waals surface area contributed by atoms with E-state index >= 15 is 0 Å². The molecule has 0 radical (unpaired) electrons. The number of hydrogen-bond donors (Lipinski definition) is 0. The van der Waals surface area contributed by atoms with Gasteiger partial charge in [0.1, 0.15) is 10.9 Å². The van der Waals surface area contributed by atoms with E-state index in [0.717, 1.165) is 0 Å². The van der Waals surface area contributed by atoms with Crippen LogP contribution in [-0.2, 0) is 10.9 Å². The van der Waals surface area contributed by atoms with Gasteiger partial charge in [-0.2, -0.15) is 0 Å². The Balaban J connectivity index is 2.24. The molecule has 1 aliphatic rings. The second-order valence-corrected chi connectivity index (χ2v) is 6.53. The van der Waals surface area contributed by atoms with Crippen LogP contribution in [0.4, 0.5) is 0 Å². The first-order valence-electron chi connectivity index (χ1n) is 5.35. The first kappa shape index (κ1) is 10.8. The van der Waals surface area contributed by atoms with E-state index in [1.165, 1.54) is 19.6 Å². The largest absolute Gasteiger partial charge is 0.180 e. The standard InChI is InChI=1S/C15H11S2/c1-2-11-17-14-9-5-3-7-12(14)16-13-8-4-6-10-15(13)17/h3-11H,1H2/q+1. The van der Waals surface area contributed by atoms with Gasteiger partial charge < -0.3 is 0 Å². The van der Waals surface area contributed by atoms with Crippen molar-refractivity contribution in [2.75, 3.05) is 0 Å². The van der Waals surface area contributed by atoms with E-state index in [1.807, 2.05) is 11.8 Å². The van der Waals surface area contributed by atoms with Gasteiger partial charge in [-0.05, 0) is 24.3 Å². The van der Waals surface area contributed by atoms with Crippen LogP contribution in [0, 0.1) is 0 Å². The summed E-state index contributed by atoms with van der Waals surface area (Å²) in [5.41, 5.74) is 2.95. The van der Waals surface area contributed by atoms with E-state index in [-0.39, 0.29) is 10.9 Å². The Bertz CT molecular complexity index is 564.